The Balaban J connectivity index is 2.15. The number of nitriles is 1. The predicted molar refractivity (Wildman–Crippen MR) is 68.2 cm³/mol. The molecule has 0 bridgehead atoms. The van der Waals surface area contributed by atoms with E-state index in [4.69, 9.17) is 20.1 Å². The van der Waals surface area contributed by atoms with Crippen LogP contribution in [0.3, 0.4) is 0 Å². The fourth-order valence-corrected chi connectivity index (χ4v) is 2.03. The lowest BCUT2D eigenvalue weighted by Crippen LogP contribution is -2.39. The highest BCUT2D eigenvalue weighted by Gasteiger charge is 2.30. The molecular formula is C13H17N3O3. The Hall–Kier alpha value is -2.16. The lowest BCUT2D eigenvalue weighted by molar-refractivity contribution is 0.0209. The van der Waals surface area contributed by atoms with E-state index < -0.39 is 5.60 Å². The Kier molecular flexibility index (Phi) is 3.14. The lowest BCUT2D eigenvalue weighted by atomic mass is 10.0. The molecule has 6 nitrogen and oxygen atoms in total. The number of carbonyl (C=O) groups excluding carboxylic acids is 1. The van der Waals surface area contributed by atoms with Gasteiger partial charge in [-0.25, -0.2) is 4.79 Å². The van der Waals surface area contributed by atoms with Crippen LogP contribution in [0, 0.1) is 11.3 Å². The molecular weight excluding hydrogens is 246 g/mol. The van der Waals surface area contributed by atoms with Crippen LogP contribution < -0.4 is 5.73 Å². The van der Waals surface area contributed by atoms with E-state index in [0.717, 1.165) is 5.56 Å². The van der Waals surface area contributed by atoms with E-state index in [2.05, 4.69) is 0 Å². The van der Waals surface area contributed by atoms with Gasteiger partial charge in [0.25, 0.3) is 0 Å². The molecule has 0 saturated carbocycles. The second-order valence-electron chi connectivity index (χ2n) is 5.51. The molecule has 0 radical (unpaired) electrons. The third kappa shape index (κ3) is 2.65. The standard InChI is InChI=1S/C13H17N3O3/c1-13(2,3)19-12(17)16-5-4-8-9(6-14)11(15)18-10(8)7-16/h4-5,7,15H2,1-3H3. The number of ether oxygens (including phenoxy) is 1. The molecule has 0 saturated heterocycles. The molecule has 0 aliphatic carbocycles. The highest BCUT2D eigenvalue weighted by Crippen LogP contribution is 2.29. The second kappa shape index (κ2) is 4.50. The topological polar surface area (TPSA) is 92.5 Å². The Morgan fingerprint density at radius 3 is 2.79 bits per heavy atom. The third-order valence-corrected chi connectivity index (χ3v) is 2.85. The molecule has 2 N–H and O–H groups in total. The summed E-state index contributed by atoms with van der Waals surface area (Å²) in [6.07, 6.45) is 0.171. The van der Waals surface area contributed by atoms with Crippen molar-refractivity contribution < 1.29 is 13.9 Å². The van der Waals surface area contributed by atoms with Gasteiger partial charge < -0.3 is 19.8 Å². The molecule has 2 rings (SSSR count). The van der Waals surface area contributed by atoms with Crippen LogP contribution >= 0.6 is 0 Å². The Bertz CT molecular complexity index is 549. The number of anilines is 1. The fourth-order valence-electron chi connectivity index (χ4n) is 2.03. The van der Waals surface area contributed by atoms with E-state index in [1.165, 1.54) is 0 Å². The van der Waals surface area contributed by atoms with Crippen molar-refractivity contribution in [3.05, 3.63) is 16.9 Å². The number of nitrogens with two attached hydrogens (primary N) is 1. The summed E-state index contributed by atoms with van der Waals surface area (Å²) >= 11 is 0. The Morgan fingerprint density at radius 1 is 1.53 bits per heavy atom. The summed E-state index contributed by atoms with van der Waals surface area (Å²) in [5.74, 6) is 0.699. The summed E-state index contributed by atoms with van der Waals surface area (Å²) in [6, 6.07) is 2.03. The fraction of sp³-hybridized carbons (Fsp3) is 0.538. The first kappa shape index (κ1) is 13.3. The molecule has 0 atom stereocenters. The Labute approximate surface area is 111 Å². The van der Waals surface area contributed by atoms with E-state index in [-0.39, 0.29) is 18.5 Å². The third-order valence-electron chi connectivity index (χ3n) is 2.85. The molecule has 0 aromatic carbocycles. The maximum atomic E-state index is 12.0. The van der Waals surface area contributed by atoms with Gasteiger partial charge in [-0.2, -0.15) is 5.26 Å². The number of carbonyl (C=O) groups is 1. The number of hydrogen-bond acceptors (Lipinski definition) is 5. The van der Waals surface area contributed by atoms with Gasteiger partial charge in [0.2, 0.25) is 5.88 Å². The van der Waals surface area contributed by atoms with Crippen LogP contribution in [0.25, 0.3) is 0 Å². The number of amides is 1. The van der Waals surface area contributed by atoms with Crippen molar-refractivity contribution in [1.82, 2.24) is 4.90 Å². The van der Waals surface area contributed by atoms with Crippen LogP contribution in [0.15, 0.2) is 4.42 Å². The predicted octanol–water partition coefficient (Wildman–Crippen LogP) is 2.03. The van der Waals surface area contributed by atoms with Gasteiger partial charge in [-0.05, 0) is 27.2 Å². The molecule has 6 heteroatoms. The molecule has 0 spiro atoms. The van der Waals surface area contributed by atoms with Crippen molar-refractivity contribution >= 4 is 12.0 Å². The molecule has 19 heavy (non-hydrogen) atoms. The molecule has 1 aromatic rings. The normalized spacial score (nSPS) is 14.7. The van der Waals surface area contributed by atoms with Gasteiger partial charge in [0, 0.05) is 12.1 Å². The van der Waals surface area contributed by atoms with Gasteiger partial charge in [0.05, 0.1) is 6.54 Å². The minimum atomic E-state index is -0.530. The molecule has 1 aromatic heterocycles. The number of furan rings is 1. The monoisotopic (exact) mass is 263 g/mol. The number of rotatable bonds is 0. The number of nitrogen functional groups attached to an aromatic ring is 1. The van der Waals surface area contributed by atoms with Crippen LogP contribution in [0.2, 0.25) is 0 Å². The largest absolute Gasteiger partial charge is 0.444 e. The molecule has 2 heterocycles. The van der Waals surface area contributed by atoms with Gasteiger partial charge in [0.1, 0.15) is 23.0 Å². The molecule has 0 unspecified atom stereocenters. The van der Waals surface area contributed by atoms with E-state index in [1.807, 2.05) is 26.8 Å². The van der Waals surface area contributed by atoms with Crippen LogP contribution in [0.5, 0.6) is 0 Å². The van der Waals surface area contributed by atoms with Crippen molar-refractivity contribution in [3.63, 3.8) is 0 Å². The highest BCUT2D eigenvalue weighted by atomic mass is 16.6. The van der Waals surface area contributed by atoms with Crippen LogP contribution in [-0.4, -0.2) is 23.1 Å². The second-order valence-corrected chi connectivity index (χ2v) is 5.51. The summed E-state index contributed by atoms with van der Waals surface area (Å²) < 4.78 is 10.6. The zero-order valence-electron chi connectivity index (χ0n) is 11.3. The van der Waals surface area contributed by atoms with Crippen LogP contribution in [0.1, 0.15) is 37.7 Å². The van der Waals surface area contributed by atoms with Gasteiger partial charge in [-0.1, -0.05) is 0 Å². The van der Waals surface area contributed by atoms with Gasteiger partial charge in [0.15, 0.2) is 0 Å². The maximum absolute atomic E-state index is 12.0. The van der Waals surface area contributed by atoms with Gasteiger partial charge in [-0.3, -0.25) is 0 Å². The minimum absolute atomic E-state index is 0.124. The first-order valence-electron chi connectivity index (χ1n) is 6.10. The van der Waals surface area contributed by atoms with Crippen molar-refractivity contribution in [2.75, 3.05) is 12.3 Å². The van der Waals surface area contributed by atoms with Crippen molar-refractivity contribution in [2.45, 2.75) is 39.3 Å². The summed E-state index contributed by atoms with van der Waals surface area (Å²) in [5, 5.41) is 9.00. The lowest BCUT2D eigenvalue weighted by Gasteiger charge is -2.29. The van der Waals surface area contributed by atoms with E-state index in [0.29, 0.717) is 24.3 Å². The number of hydrogen-bond donors (Lipinski definition) is 1. The number of nitrogens with zero attached hydrogens (tertiary/aromatic N) is 2. The zero-order valence-corrected chi connectivity index (χ0v) is 11.3. The van der Waals surface area contributed by atoms with E-state index in [1.54, 1.807) is 4.90 Å². The molecule has 1 aliphatic rings. The number of fused-ring (bicyclic) bond motifs is 1. The highest BCUT2D eigenvalue weighted by molar-refractivity contribution is 5.69. The quantitative estimate of drug-likeness (QED) is 0.773. The average molecular weight is 263 g/mol. The average Bonchev–Trinajstić information content (AvgIpc) is 2.60. The first-order valence-corrected chi connectivity index (χ1v) is 6.10. The Morgan fingerprint density at radius 2 is 2.21 bits per heavy atom. The summed E-state index contributed by atoms with van der Waals surface area (Å²) in [7, 11) is 0. The van der Waals surface area contributed by atoms with Gasteiger partial charge in [-0.15, -0.1) is 0 Å². The van der Waals surface area contributed by atoms with Gasteiger partial charge >= 0.3 is 6.09 Å². The molecule has 102 valence electrons. The molecule has 1 aliphatic heterocycles. The van der Waals surface area contributed by atoms with Crippen LogP contribution in [-0.2, 0) is 17.7 Å². The summed E-state index contributed by atoms with van der Waals surface area (Å²) in [4.78, 5) is 13.5. The maximum Gasteiger partial charge on any atom is 0.410 e. The smallest absolute Gasteiger partial charge is 0.410 e. The van der Waals surface area contributed by atoms with Crippen molar-refractivity contribution in [1.29, 1.82) is 5.26 Å². The summed E-state index contributed by atoms with van der Waals surface area (Å²) in [5.41, 5.74) is 6.29. The molecule has 0 fully saturated rings. The van der Waals surface area contributed by atoms with Crippen molar-refractivity contribution in [3.8, 4) is 6.07 Å². The SMILES string of the molecule is CC(C)(C)OC(=O)N1CCc2c(oc(N)c2C#N)C1. The van der Waals surface area contributed by atoms with Crippen molar-refractivity contribution in [2.24, 2.45) is 0 Å². The zero-order chi connectivity index (χ0) is 14.2. The molecule has 1 amide bonds. The van der Waals surface area contributed by atoms with E-state index >= 15 is 0 Å². The first-order chi connectivity index (χ1) is 8.81. The van der Waals surface area contributed by atoms with Crippen LogP contribution in [0.4, 0.5) is 10.7 Å². The van der Waals surface area contributed by atoms with E-state index in [9.17, 15) is 4.79 Å². The summed E-state index contributed by atoms with van der Waals surface area (Å²) in [6.45, 7) is 6.24. The minimum Gasteiger partial charge on any atom is -0.444 e.